The van der Waals surface area contributed by atoms with Crippen LogP contribution in [0.1, 0.15) is 13.3 Å². The lowest BCUT2D eigenvalue weighted by Crippen LogP contribution is -1.94. The summed E-state index contributed by atoms with van der Waals surface area (Å²) < 4.78 is 5.23. The fraction of sp³-hybridized carbons (Fsp3) is 0.333. The van der Waals surface area contributed by atoms with Gasteiger partial charge >= 0.3 is 0 Å². The lowest BCUT2D eigenvalue weighted by molar-refractivity contribution is 0.299. The van der Waals surface area contributed by atoms with Gasteiger partial charge in [-0.15, -0.1) is 0 Å². The number of hydrogen-bond donors (Lipinski definition) is 1. The lowest BCUT2D eigenvalue weighted by atomic mass is 10.3. The summed E-state index contributed by atoms with van der Waals surface area (Å²) in [5, 5.41) is 9.85. The van der Waals surface area contributed by atoms with Gasteiger partial charge in [0.2, 0.25) is 0 Å². The Bertz CT molecular complexity index is 261. The summed E-state index contributed by atoms with van der Waals surface area (Å²) in [4.78, 5) is 0. The molecule has 0 bridgehead atoms. The van der Waals surface area contributed by atoms with Crippen LogP contribution in [0.15, 0.2) is 18.2 Å². The van der Waals surface area contributed by atoms with Crippen LogP contribution in [-0.4, -0.2) is 11.7 Å². The van der Waals surface area contributed by atoms with Crippen LogP contribution in [0.25, 0.3) is 0 Å². The minimum atomic E-state index is 0.132. The van der Waals surface area contributed by atoms with Gasteiger partial charge < -0.3 is 9.84 Å². The van der Waals surface area contributed by atoms with Crippen molar-refractivity contribution in [2.24, 2.45) is 0 Å². The largest absolute Gasteiger partial charge is 0.504 e. The van der Waals surface area contributed by atoms with Crippen LogP contribution in [0.5, 0.6) is 11.5 Å². The average molecular weight is 187 g/mol. The first-order valence-electron chi connectivity index (χ1n) is 3.85. The van der Waals surface area contributed by atoms with Crippen molar-refractivity contribution in [1.82, 2.24) is 0 Å². The first-order valence-corrected chi connectivity index (χ1v) is 4.23. The molecular weight excluding hydrogens is 176 g/mol. The van der Waals surface area contributed by atoms with Crippen LogP contribution in [0, 0.1) is 0 Å². The Morgan fingerprint density at radius 3 is 2.92 bits per heavy atom. The molecule has 1 N–H and O–H groups in total. The van der Waals surface area contributed by atoms with Crippen LogP contribution in [-0.2, 0) is 0 Å². The topological polar surface area (TPSA) is 29.5 Å². The zero-order valence-electron chi connectivity index (χ0n) is 6.88. The molecule has 0 aliphatic carbocycles. The summed E-state index contributed by atoms with van der Waals surface area (Å²) in [6.07, 6.45) is 0.909. The highest BCUT2D eigenvalue weighted by atomic mass is 35.5. The normalized spacial score (nSPS) is 9.83. The molecule has 2 nitrogen and oxygen atoms in total. The highest BCUT2D eigenvalue weighted by Crippen LogP contribution is 2.28. The average Bonchev–Trinajstić information content (AvgIpc) is 2.07. The number of phenolic OH excluding ortho intramolecular Hbond substituents is 1. The predicted molar refractivity (Wildman–Crippen MR) is 48.9 cm³/mol. The monoisotopic (exact) mass is 186 g/mol. The molecule has 0 aliphatic heterocycles. The summed E-state index contributed by atoms with van der Waals surface area (Å²) in [6.45, 7) is 2.59. The molecule has 66 valence electrons. The van der Waals surface area contributed by atoms with Gasteiger partial charge in [0.05, 0.1) is 6.61 Å². The van der Waals surface area contributed by atoms with Gasteiger partial charge in [0, 0.05) is 11.1 Å². The van der Waals surface area contributed by atoms with Crippen LogP contribution in [0.3, 0.4) is 0 Å². The smallest absolute Gasteiger partial charge is 0.162 e. The van der Waals surface area contributed by atoms with Gasteiger partial charge in [0.25, 0.3) is 0 Å². The van der Waals surface area contributed by atoms with Gasteiger partial charge in [-0.3, -0.25) is 0 Å². The molecule has 1 aromatic rings. The second-order valence-electron chi connectivity index (χ2n) is 2.46. The Balaban J connectivity index is 2.75. The van der Waals surface area contributed by atoms with E-state index < -0.39 is 0 Å². The molecular formula is C9H11ClO2. The number of hydrogen-bond acceptors (Lipinski definition) is 2. The van der Waals surface area contributed by atoms with Gasteiger partial charge in [-0.05, 0) is 18.6 Å². The number of halogens is 1. The van der Waals surface area contributed by atoms with E-state index in [1.165, 1.54) is 6.07 Å². The van der Waals surface area contributed by atoms with Gasteiger partial charge in [0.15, 0.2) is 11.5 Å². The maximum atomic E-state index is 9.28. The van der Waals surface area contributed by atoms with Crippen molar-refractivity contribution in [3.8, 4) is 11.5 Å². The summed E-state index contributed by atoms with van der Waals surface area (Å²) in [7, 11) is 0. The van der Waals surface area contributed by atoms with Crippen LogP contribution >= 0.6 is 11.6 Å². The minimum Gasteiger partial charge on any atom is -0.504 e. The van der Waals surface area contributed by atoms with Gasteiger partial charge in [-0.2, -0.15) is 0 Å². The van der Waals surface area contributed by atoms with E-state index >= 15 is 0 Å². The quantitative estimate of drug-likeness (QED) is 0.787. The molecule has 0 aliphatic rings. The zero-order valence-corrected chi connectivity index (χ0v) is 7.64. The molecule has 3 heteroatoms. The van der Waals surface area contributed by atoms with Crippen molar-refractivity contribution in [2.75, 3.05) is 6.61 Å². The molecule has 0 heterocycles. The van der Waals surface area contributed by atoms with Crippen molar-refractivity contribution in [3.05, 3.63) is 23.2 Å². The summed E-state index contributed by atoms with van der Waals surface area (Å²) in [6, 6.07) is 4.75. The molecule has 0 saturated carbocycles. The Labute approximate surface area is 76.7 Å². The molecule has 0 amide bonds. The molecule has 0 unspecified atom stereocenters. The van der Waals surface area contributed by atoms with Gasteiger partial charge in [-0.1, -0.05) is 18.5 Å². The highest BCUT2D eigenvalue weighted by Gasteiger charge is 2.01. The van der Waals surface area contributed by atoms with Crippen molar-refractivity contribution in [2.45, 2.75) is 13.3 Å². The molecule has 12 heavy (non-hydrogen) atoms. The summed E-state index contributed by atoms with van der Waals surface area (Å²) in [5.41, 5.74) is 0. The van der Waals surface area contributed by atoms with E-state index in [4.69, 9.17) is 16.3 Å². The molecule has 0 aromatic heterocycles. The Morgan fingerprint density at radius 2 is 2.25 bits per heavy atom. The third kappa shape index (κ3) is 2.31. The van der Waals surface area contributed by atoms with Gasteiger partial charge in [0.1, 0.15) is 0 Å². The van der Waals surface area contributed by atoms with Crippen molar-refractivity contribution >= 4 is 11.6 Å². The summed E-state index contributed by atoms with van der Waals surface area (Å²) in [5.74, 6) is 0.581. The lowest BCUT2D eigenvalue weighted by Gasteiger charge is -2.06. The number of ether oxygens (including phenoxy) is 1. The van der Waals surface area contributed by atoms with E-state index in [9.17, 15) is 5.11 Å². The second kappa shape index (κ2) is 4.21. The van der Waals surface area contributed by atoms with Crippen LogP contribution in [0.4, 0.5) is 0 Å². The maximum absolute atomic E-state index is 9.28. The van der Waals surface area contributed by atoms with E-state index in [2.05, 4.69) is 0 Å². The fourth-order valence-corrected chi connectivity index (χ4v) is 0.978. The fourth-order valence-electron chi connectivity index (χ4n) is 0.816. The maximum Gasteiger partial charge on any atom is 0.162 e. The Morgan fingerprint density at radius 1 is 1.50 bits per heavy atom. The molecule has 0 radical (unpaired) electrons. The van der Waals surface area contributed by atoms with Crippen LogP contribution < -0.4 is 4.74 Å². The van der Waals surface area contributed by atoms with E-state index in [1.807, 2.05) is 6.92 Å². The number of rotatable bonds is 3. The van der Waals surface area contributed by atoms with E-state index in [0.29, 0.717) is 17.4 Å². The van der Waals surface area contributed by atoms with E-state index in [0.717, 1.165) is 6.42 Å². The van der Waals surface area contributed by atoms with Crippen LogP contribution in [0.2, 0.25) is 5.02 Å². The van der Waals surface area contributed by atoms with E-state index in [1.54, 1.807) is 12.1 Å². The Kier molecular flexibility index (Phi) is 3.23. The standard InChI is InChI=1S/C9H11ClO2/c1-2-5-12-9-6-7(10)3-4-8(9)11/h3-4,6,11H,2,5H2,1H3. The first-order chi connectivity index (χ1) is 5.74. The Hall–Kier alpha value is -0.890. The molecule has 1 rings (SSSR count). The van der Waals surface area contributed by atoms with E-state index in [-0.39, 0.29) is 5.75 Å². The molecule has 0 atom stereocenters. The predicted octanol–water partition coefficient (Wildman–Crippen LogP) is 2.83. The number of phenols is 1. The number of aromatic hydroxyl groups is 1. The van der Waals surface area contributed by atoms with Crippen molar-refractivity contribution < 1.29 is 9.84 Å². The molecule has 0 fully saturated rings. The third-order valence-electron chi connectivity index (χ3n) is 1.38. The second-order valence-corrected chi connectivity index (χ2v) is 2.90. The first kappa shape index (κ1) is 9.20. The van der Waals surface area contributed by atoms with Crippen molar-refractivity contribution in [3.63, 3.8) is 0 Å². The zero-order chi connectivity index (χ0) is 8.97. The number of benzene rings is 1. The molecule has 0 saturated heterocycles. The SMILES string of the molecule is CCCOc1cc(Cl)ccc1O. The minimum absolute atomic E-state index is 0.132. The highest BCUT2D eigenvalue weighted by molar-refractivity contribution is 6.30. The molecule has 1 aromatic carbocycles. The third-order valence-corrected chi connectivity index (χ3v) is 1.62. The van der Waals surface area contributed by atoms with Gasteiger partial charge in [-0.25, -0.2) is 0 Å². The molecule has 0 spiro atoms. The summed E-state index contributed by atoms with van der Waals surface area (Å²) >= 11 is 5.70. The van der Waals surface area contributed by atoms with Crippen molar-refractivity contribution in [1.29, 1.82) is 0 Å².